The molecule has 2 N–H and O–H groups in total. The molecule has 8 heteroatoms. The average molecular weight is 239 g/mol. The lowest BCUT2D eigenvalue weighted by molar-refractivity contribution is -0.0673. The molecule has 0 saturated carbocycles. The highest BCUT2D eigenvalue weighted by atomic mass is 32.2. The van der Waals surface area contributed by atoms with Gasteiger partial charge in [-0.25, -0.2) is 4.79 Å². The molecular formula is C7H13NO6S. The maximum atomic E-state index is 10.7. The van der Waals surface area contributed by atoms with E-state index in [9.17, 15) is 9.00 Å². The fourth-order valence-electron chi connectivity index (χ4n) is 1.32. The van der Waals surface area contributed by atoms with Crippen molar-refractivity contribution < 1.29 is 27.6 Å². The van der Waals surface area contributed by atoms with Crippen molar-refractivity contribution in [1.29, 1.82) is 0 Å². The highest BCUT2D eigenvalue weighted by Gasteiger charge is 2.29. The Hall–Kier alpha value is -0.700. The SMILES string of the molecule is CC(OS(=O)O)[C@@H]1CN(C(=O)O)CCO1. The number of carbonyl (C=O) groups is 1. The first-order chi connectivity index (χ1) is 7.00. The molecule has 0 spiro atoms. The molecule has 1 aliphatic rings. The van der Waals surface area contributed by atoms with Crippen molar-refractivity contribution in [3.05, 3.63) is 0 Å². The molecule has 0 bridgehead atoms. The van der Waals surface area contributed by atoms with E-state index in [-0.39, 0.29) is 13.2 Å². The molecule has 1 fully saturated rings. The van der Waals surface area contributed by atoms with Crippen LogP contribution < -0.4 is 0 Å². The quantitative estimate of drug-likeness (QED) is 0.668. The van der Waals surface area contributed by atoms with E-state index in [0.29, 0.717) is 6.54 Å². The van der Waals surface area contributed by atoms with Crippen molar-refractivity contribution in [3.8, 4) is 0 Å². The summed E-state index contributed by atoms with van der Waals surface area (Å²) in [4.78, 5) is 11.9. The van der Waals surface area contributed by atoms with Crippen LogP contribution in [-0.2, 0) is 20.3 Å². The third-order valence-corrected chi connectivity index (χ3v) is 2.59. The first-order valence-electron chi connectivity index (χ1n) is 4.38. The number of morpholine rings is 1. The minimum atomic E-state index is -2.37. The zero-order valence-electron chi connectivity index (χ0n) is 8.16. The van der Waals surface area contributed by atoms with Crippen LogP contribution in [0.1, 0.15) is 6.92 Å². The van der Waals surface area contributed by atoms with Crippen LogP contribution in [0.5, 0.6) is 0 Å². The van der Waals surface area contributed by atoms with Gasteiger partial charge in [0.1, 0.15) is 12.2 Å². The summed E-state index contributed by atoms with van der Waals surface area (Å²) in [5.41, 5.74) is 0. The summed E-state index contributed by atoms with van der Waals surface area (Å²) >= 11 is -2.37. The Morgan fingerprint density at radius 2 is 2.40 bits per heavy atom. The minimum absolute atomic E-state index is 0.147. The summed E-state index contributed by atoms with van der Waals surface area (Å²) in [6.45, 7) is 2.28. The summed E-state index contributed by atoms with van der Waals surface area (Å²) < 4.78 is 28.7. The number of carboxylic acid groups (broad SMARTS) is 1. The van der Waals surface area contributed by atoms with Gasteiger partial charge in [-0.3, -0.25) is 8.74 Å². The molecule has 1 heterocycles. The van der Waals surface area contributed by atoms with Gasteiger partial charge in [-0.1, -0.05) is 0 Å². The molecule has 1 rings (SSSR count). The second-order valence-electron chi connectivity index (χ2n) is 3.16. The van der Waals surface area contributed by atoms with Gasteiger partial charge in [0, 0.05) is 6.54 Å². The van der Waals surface area contributed by atoms with E-state index in [1.165, 1.54) is 4.90 Å². The molecule has 2 unspecified atom stereocenters. The van der Waals surface area contributed by atoms with E-state index in [2.05, 4.69) is 4.18 Å². The Morgan fingerprint density at radius 1 is 1.73 bits per heavy atom. The maximum absolute atomic E-state index is 10.7. The Bertz CT molecular complexity index is 260. The van der Waals surface area contributed by atoms with E-state index in [1.54, 1.807) is 6.92 Å². The number of rotatable bonds is 3. The molecule has 3 atom stereocenters. The highest BCUT2D eigenvalue weighted by Crippen LogP contribution is 2.12. The molecule has 1 saturated heterocycles. The number of hydrogen-bond acceptors (Lipinski definition) is 4. The first-order valence-corrected chi connectivity index (χ1v) is 5.41. The summed E-state index contributed by atoms with van der Waals surface area (Å²) in [7, 11) is 0. The summed E-state index contributed by atoms with van der Waals surface area (Å²) in [6.07, 6.45) is -2.16. The molecule has 0 aliphatic carbocycles. The van der Waals surface area contributed by atoms with Gasteiger partial charge in [0.05, 0.1) is 13.2 Å². The number of hydrogen-bond donors (Lipinski definition) is 2. The molecule has 0 radical (unpaired) electrons. The number of amides is 1. The average Bonchev–Trinajstić information content (AvgIpc) is 2.17. The van der Waals surface area contributed by atoms with Gasteiger partial charge < -0.3 is 14.7 Å². The molecule has 7 nitrogen and oxygen atoms in total. The lowest BCUT2D eigenvalue weighted by atomic mass is 10.2. The Morgan fingerprint density at radius 3 is 2.93 bits per heavy atom. The van der Waals surface area contributed by atoms with Gasteiger partial charge in [0.2, 0.25) is 0 Å². The summed E-state index contributed by atoms with van der Waals surface area (Å²) in [6, 6.07) is 0. The Labute approximate surface area is 89.5 Å². The Kier molecular flexibility index (Phi) is 4.45. The third kappa shape index (κ3) is 3.74. The molecule has 1 amide bonds. The standard InChI is InChI=1S/C7H13NO6S/c1-5(14-15(11)12)6-4-8(7(9)10)2-3-13-6/h5-6H,2-4H2,1H3,(H,9,10)(H,11,12)/t5?,6-/m0/s1. The molecule has 0 aromatic heterocycles. The number of nitrogens with zero attached hydrogens (tertiary/aromatic N) is 1. The van der Waals surface area contributed by atoms with Crippen LogP contribution in [0.2, 0.25) is 0 Å². The van der Waals surface area contributed by atoms with Gasteiger partial charge in [-0.2, -0.15) is 4.21 Å². The van der Waals surface area contributed by atoms with Gasteiger partial charge in [-0.15, -0.1) is 0 Å². The first kappa shape index (κ1) is 12.4. The normalized spacial score (nSPS) is 26.0. The van der Waals surface area contributed by atoms with Crippen molar-refractivity contribution >= 4 is 17.5 Å². The van der Waals surface area contributed by atoms with E-state index in [1.807, 2.05) is 0 Å². The van der Waals surface area contributed by atoms with Crippen molar-refractivity contribution in [2.75, 3.05) is 19.7 Å². The van der Waals surface area contributed by atoms with E-state index >= 15 is 0 Å². The van der Waals surface area contributed by atoms with Crippen molar-refractivity contribution in [2.45, 2.75) is 19.1 Å². The lowest BCUT2D eigenvalue weighted by Gasteiger charge is -2.33. The van der Waals surface area contributed by atoms with E-state index in [4.69, 9.17) is 14.4 Å². The monoisotopic (exact) mass is 239 g/mol. The maximum Gasteiger partial charge on any atom is 0.407 e. The van der Waals surface area contributed by atoms with Crippen molar-refractivity contribution in [3.63, 3.8) is 0 Å². The highest BCUT2D eigenvalue weighted by molar-refractivity contribution is 7.74. The minimum Gasteiger partial charge on any atom is -0.465 e. The molecule has 0 aromatic carbocycles. The molecular weight excluding hydrogens is 226 g/mol. The second-order valence-corrected chi connectivity index (χ2v) is 3.78. The van der Waals surface area contributed by atoms with Crippen molar-refractivity contribution in [2.24, 2.45) is 0 Å². The second kappa shape index (κ2) is 5.40. The lowest BCUT2D eigenvalue weighted by Crippen LogP contribution is -2.49. The predicted octanol–water partition coefficient (Wildman–Crippen LogP) is -0.0930. The van der Waals surface area contributed by atoms with Gasteiger partial charge in [0.15, 0.2) is 0 Å². The Balaban J connectivity index is 2.48. The molecule has 1 aliphatic heterocycles. The van der Waals surface area contributed by atoms with Gasteiger partial charge in [0.25, 0.3) is 0 Å². The van der Waals surface area contributed by atoms with Crippen LogP contribution in [0.4, 0.5) is 4.79 Å². The summed E-state index contributed by atoms with van der Waals surface area (Å²) in [5, 5.41) is 8.74. The van der Waals surface area contributed by atoms with Crippen LogP contribution >= 0.6 is 0 Å². The van der Waals surface area contributed by atoms with Crippen LogP contribution in [-0.4, -0.2) is 56.8 Å². The topological polar surface area (TPSA) is 96.3 Å². The molecule has 0 aromatic rings. The van der Waals surface area contributed by atoms with Crippen molar-refractivity contribution in [1.82, 2.24) is 4.90 Å². The fraction of sp³-hybridized carbons (Fsp3) is 0.857. The fourth-order valence-corrected chi connectivity index (χ4v) is 1.71. The van der Waals surface area contributed by atoms with Gasteiger partial charge >= 0.3 is 17.5 Å². The van der Waals surface area contributed by atoms with Crippen LogP contribution in [0, 0.1) is 0 Å². The zero-order chi connectivity index (χ0) is 11.4. The van der Waals surface area contributed by atoms with Crippen LogP contribution in [0.3, 0.4) is 0 Å². The number of ether oxygens (including phenoxy) is 1. The molecule has 15 heavy (non-hydrogen) atoms. The van der Waals surface area contributed by atoms with Crippen LogP contribution in [0.25, 0.3) is 0 Å². The third-order valence-electron chi connectivity index (χ3n) is 2.12. The van der Waals surface area contributed by atoms with E-state index in [0.717, 1.165) is 0 Å². The largest absolute Gasteiger partial charge is 0.465 e. The molecule has 88 valence electrons. The van der Waals surface area contributed by atoms with Gasteiger partial charge in [-0.05, 0) is 6.92 Å². The van der Waals surface area contributed by atoms with Crippen LogP contribution in [0.15, 0.2) is 0 Å². The van der Waals surface area contributed by atoms with E-state index < -0.39 is 29.7 Å². The summed E-state index contributed by atoms with van der Waals surface area (Å²) in [5.74, 6) is 0. The zero-order valence-corrected chi connectivity index (χ0v) is 8.98. The predicted molar refractivity (Wildman–Crippen MR) is 50.7 cm³/mol. The smallest absolute Gasteiger partial charge is 0.407 e.